The number of pyridine rings is 1. The van der Waals surface area contributed by atoms with Crippen LogP contribution >= 0.6 is 0 Å². The van der Waals surface area contributed by atoms with Crippen LogP contribution in [0.5, 0.6) is 0 Å². The second-order valence-corrected chi connectivity index (χ2v) is 3.89. The van der Waals surface area contributed by atoms with Gasteiger partial charge in [-0.3, -0.25) is 0 Å². The van der Waals surface area contributed by atoms with Gasteiger partial charge in [0.05, 0.1) is 0 Å². The van der Waals surface area contributed by atoms with Crippen LogP contribution in [0.3, 0.4) is 0 Å². The molecule has 1 atom stereocenters. The number of nitriles is 1. The Bertz CT molecular complexity index is 354. The Hall–Kier alpha value is -1.56. The van der Waals surface area contributed by atoms with E-state index in [9.17, 15) is 0 Å². The van der Waals surface area contributed by atoms with Crippen LogP contribution in [-0.4, -0.2) is 18.6 Å². The van der Waals surface area contributed by atoms with E-state index in [2.05, 4.69) is 29.8 Å². The van der Waals surface area contributed by atoms with E-state index >= 15 is 0 Å². The maximum absolute atomic E-state index is 8.74. The molecule has 0 aliphatic carbocycles. The molecule has 3 nitrogen and oxygen atoms in total. The summed E-state index contributed by atoms with van der Waals surface area (Å²) in [5.41, 5.74) is 0.475. The van der Waals surface area contributed by atoms with Crippen molar-refractivity contribution in [3.8, 4) is 6.07 Å². The van der Waals surface area contributed by atoms with E-state index in [0.29, 0.717) is 11.6 Å². The van der Waals surface area contributed by atoms with E-state index in [0.717, 1.165) is 18.8 Å². The number of nitrogens with zero attached hydrogens (tertiary/aromatic N) is 3. The molecule has 0 amide bonds. The van der Waals surface area contributed by atoms with E-state index in [1.54, 1.807) is 6.07 Å². The third-order valence-corrected chi connectivity index (χ3v) is 2.52. The highest BCUT2D eigenvalue weighted by Gasteiger charge is 2.06. The minimum atomic E-state index is 0.475. The van der Waals surface area contributed by atoms with Crippen molar-refractivity contribution in [2.24, 2.45) is 5.92 Å². The molecule has 1 unspecified atom stereocenters. The Morgan fingerprint density at radius 3 is 2.87 bits per heavy atom. The largest absolute Gasteiger partial charge is 0.359 e. The fourth-order valence-electron chi connectivity index (χ4n) is 1.39. The Balaban J connectivity index is 2.73. The first-order valence-corrected chi connectivity index (χ1v) is 5.25. The fraction of sp³-hybridized carbons (Fsp3) is 0.500. The van der Waals surface area contributed by atoms with Crippen molar-refractivity contribution in [3.63, 3.8) is 0 Å². The first-order chi connectivity index (χ1) is 7.17. The van der Waals surface area contributed by atoms with Crippen molar-refractivity contribution in [2.45, 2.75) is 20.3 Å². The minimum absolute atomic E-state index is 0.475. The Morgan fingerprint density at radius 2 is 2.27 bits per heavy atom. The maximum atomic E-state index is 8.74. The van der Waals surface area contributed by atoms with Crippen LogP contribution in [0.4, 0.5) is 5.82 Å². The lowest BCUT2D eigenvalue weighted by atomic mass is 10.1. The van der Waals surface area contributed by atoms with Crippen molar-refractivity contribution in [3.05, 3.63) is 23.9 Å². The lowest BCUT2D eigenvalue weighted by Gasteiger charge is -2.21. The van der Waals surface area contributed by atoms with Gasteiger partial charge in [0.1, 0.15) is 17.6 Å². The Morgan fingerprint density at radius 1 is 1.53 bits per heavy atom. The van der Waals surface area contributed by atoms with Gasteiger partial charge in [-0.2, -0.15) is 5.26 Å². The van der Waals surface area contributed by atoms with Crippen LogP contribution < -0.4 is 4.90 Å². The summed E-state index contributed by atoms with van der Waals surface area (Å²) in [5.74, 6) is 1.51. The maximum Gasteiger partial charge on any atom is 0.142 e. The molecule has 1 aromatic rings. The standard InChI is InChI=1S/C12H17N3/c1-4-10(2)9-15(3)12-7-5-6-11(8-13)14-12/h5-7,10H,4,9H2,1-3H3. The molecule has 0 aliphatic rings. The van der Waals surface area contributed by atoms with Crippen molar-refractivity contribution < 1.29 is 0 Å². The summed E-state index contributed by atoms with van der Waals surface area (Å²) in [6.07, 6.45) is 1.16. The molecule has 0 aromatic carbocycles. The molecule has 0 aliphatic heterocycles. The first-order valence-electron chi connectivity index (χ1n) is 5.25. The third-order valence-electron chi connectivity index (χ3n) is 2.52. The summed E-state index contributed by atoms with van der Waals surface area (Å²) >= 11 is 0. The zero-order chi connectivity index (χ0) is 11.3. The molecular formula is C12H17N3. The number of aromatic nitrogens is 1. The Labute approximate surface area is 91.4 Å². The van der Waals surface area contributed by atoms with Gasteiger partial charge in [-0.15, -0.1) is 0 Å². The van der Waals surface area contributed by atoms with Gasteiger partial charge in [-0.25, -0.2) is 4.98 Å². The molecule has 15 heavy (non-hydrogen) atoms. The fourth-order valence-corrected chi connectivity index (χ4v) is 1.39. The van der Waals surface area contributed by atoms with Gasteiger partial charge in [-0.05, 0) is 18.1 Å². The van der Waals surface area contributed by atoms with Crippen LogP contribution in [0.1, 0.15) is 26.0 Å². The summed E-state index contributed by atoms with van der Waals surface area (Å²) in [6, 6.07) is 7.58. The lowest BCUT2D eigenvalue weighted by molar-refractivity contribution is 0.557. The normalized spacial score (nSPS) is 11.9. The van der Waals surface area contributed by atoms with E-state index in [1.807, 2.05) is 19.2 Å². The van der Waals surface area contributed by atoms with Gasteiger partial charge in [0.15, 0.2) is 0 Å². The summed E-state index contributed by atoms with van der Waals surface area (Å²) in [4.78, 5) is 6.34. The van der Waals surface area contributed by atoms with Gasteiger partial charge >= 0.3 is 0 Å². The van der Waals surface area contributed by atoms with Crippen molar-refractivity contribution >= 4 is 5.82 Å². The second-order valence-electron chi connectivity index (χ2n) is 3.89. The summed E-state index contributed by atoms with van der Waals surface area (Å²) in [7, 11) is 2.01. The smallest absolute Gasteiger partial charge is 0.142 e. The first kappa shape index (κ1) is 11.5. The van der Waals surface area contributed by atoms with Crippen LogP contribution in [0.15, 0.2) is 18.2 Å². The van der Waals surface area contributed by atoms with Gasteiger partial charge < -0.3 is 4.90 Å². The molecular weight excluding hydrogens is 186 g/mol. The van der Waals surface area contributed by atoms with Gasteiger partial charge in [-0.1, -0.05) is 26.3 Å². The summed E-state index contributed by atoms with van der Waals surface area (Å²) in [5, 5.41) is 8.74. The molecule has 3 heteroatoms. The van der Waals surface area contributed by atoms with Crippen molar-refractivity contribution in [1.82, 2.24) is 4.98 Å². The SMILES string of the molecule is CCC(C)CN(C)c1cccc(C#N)n1. The predicted molar refractivity (Wildman–Crippen MR) is 61.7 cm³/mol. The molecule has 1 heterocycles. The molecule has 80 valence electrons. The van der Waals surface area contributed by atoms with Crippen LogP contribution in [0.2, 0.25) is 0 Å². The van der Waals surface area contributed by atoms with Gasteiger partial charge in [0, 0.05) is 13.6 Å². The van der Waals surface area contributed by atoms with Crippen molar-refractivity contribution in [2.75, 3.05) is 18.5 Å². The van der Waals surface area contributed by atoms with E-state index < -0.39 is 0 Å². The average Bonchev–Trinajstić information content (AvgIpc) is 2.28. The highest BCUT2D eigenvalue weighted by Crippen LogP contribution is 2.12. The van der Waals surface area contributed by atoms with Crippen molar-refractivity contribution in [1.29, 1.82) is 5.26 Å². The van der Waals surface area contributed by atoms with Gasteiger partial charge in [0.2, 0.25) is 0 Å². The zero-order valence-electron chi connectivity index (χ0n) is 9.57. The molecule has 0 radical (unpaired) electrons. The van der Waals surface area contributed by atoms with Crippen LogP contribution in [0, 0.1) is 17.2 Å². The highest BCUT2D eigenvalue weighted by molar-refractivity contribution is 5.40. The highest BCUT2D eigenvalue weighted by atomic mass is 15.2. The number of hydrogen-bond donors (Lipinski definition) is 0. The number of anilines is 1. The molecule has 0 N–H and O–H groups in total. The molecule has 0 saturated carbocycles. The monoisotopic (exact) mass is 203 g/mol. The second kappa shape index (κ2) is 5.35. The predicted octanol–water partition coefficient (Wildman–Crippen LogP) is 2.44. The molecule has 0 spiro atoms. The summed E-state index contributed by atoms with van der Waals surface area (Å²) in [6.45, 7) is 5.36. The quantitative estimate of drug-likeness (QED) is 0.754. The number of hydrogen-bond acceptors (Lipinski definition) is 3. The zero-order valence-corrected chi connectivity index (χ0v) is 9.57. The minimum Gasteiger partial charge on any atom is -0.359 e. The summed E-state index contributed by atoms with van der Waals surface area (Å²) < 4.78 is 0. The van der Waals surface area contributed by atoms with Crippen LogP contribution in [-0.2, 0) is 0 Å². The number of rotatable bonds is 4. The van der Waals surface area contributed by atoms with Crippen LogP contribution in [0.25, 0.3) is 0 Å². The van der Waals surface area contributed by atoms with E-state index in [1.165, 1.54) is 0 Å². The molecule has 1 aromatic heterocycles. The lowest BCUT2D eigenvalue weighted by Crippen LogP contribution is -2.24. The van der Waals surface area contributed by atoms with E-state index in [4.69, 9.17) is 5.26 Å². The molecule has 0 fully saturated rings. The molecule has 1 rings (SSSR count). The average molecular weight is 203 g/mol. The topological polar surface area (TPSA) is 39.9 Å². The van der Waals surface area contributed by atoms with Gasteiger partial charge in [0.25, 0.3) is 0 Å². The van der Waals surface area contributed by atoms with E-state index in [-0.39, 0.29) is 0 Å². The molecule has 0 bridgehead atoms. The Kier molecular flexibility index (Phi) is 4.11. The molecule has 0 saturated heterocycles. The third kappa shape index (κ3) is 3.25.